The van der Waals surface area contributed by atoms with E-state index in [1.54, 1.807) is 0 Å². The molecule has 0 aromatic carbocycles. The molecule has 0 bridgehead atoms. The molecule has 1 atom stereocenters. The zero-order chi connectivity index (χ0) is 8.97. The third kappa shape index (κ3) is 2.53. The molecule has 1 heterocycles. The summed E-state index contributed by atoms with van der Waals surface area (Å²) in [6.07, 6.45) is 1.96. The molecule has 0 saturated carbocycles. The summed E-state index contributed by atoms with van der Waals surface area (Å²) in [7, 11) is 1.33. The van der Waals surface area contributed by atoms with Gasteiger partial charge >= 0.3 is 11.9 Å². The lowest BCUT2D eigenvalue weighted by atomic mass is 10.1. The van der Waals surface area contributed by atoms with Crippen LogP contribution in [0.25, 0.3) is 0 Å². The van der Waals surface area contributed by atoms with Crippen molar-refractivity contribution in [1.82, 2.24) is 0 Å². The Morgan fingerprint density at radius 2 is 2.50 bits per heavy atom. The van der Waals surface area contributed by atoms with Gasteiger partial charge in [0.25, 0.3) is 0 Å². The maximum absolute atomic E-state index is 10.8. The van der Waals surface area contributed by atoms with Gasteiger partial charge in [-0.15, -0.1) is 0 Å². The van der Waals surface area contributed by atoms with Crippen LogP contribution in [-0.4, -0.2) is 25.2 Å². The Morgan fingerprint density at radius 3 is 3.08 bits per heavy atom. The van der Waals surface area contributed by atoms with Crippen molar-refractivity contribution >= 4 is 11.9 Å². The zero-order valence-corrected chi connectivity index (χ0v) is 7.04. The van der Waals surface area contributed by atoms with E-state index in [4.69, 9.17) is 4.74 Å². The summed E-state index contributed by atoms with van der Waals surface area (Å²) >= 11 is 0. The van der Waals surface area contributed by atoms with Crippen LogP contribution < -0.4 is 0 Å². The second-order valence-electron chi connectivity index (χ2n) is 2.78. The van der Waals surface area contributed by atoms with Crippen molar-refractivity contribution in [2.24, 2.45) is 0 Å². The molecule has 1 saturated heterocycles. The Hall–Kier alpha value is -1.06. The number of carbonyl (C=O) groups is 2. The van der Waals surface area contributed by atoms with Crippen molar-refractivity contribution in [1.29, 1.82) is 0 Å². The molecule has 0 aliphatic carbocycles. The van der Waals surface area contributed by atoms with E-state index in [9.17, 15) is 9.59 Å². The predicted octanol–water partition coefficient (Wildman–Crippen LogP) is 0.645. The first-order chi connectivity index (χ1) is 5.72. The Bertz CT molecular complexity index is 187. The summed E-state index contributed by atoms with van der Waals surface area (Å²) in [5.41, 5.74) is 0. The number of carbonyl (C=O) groups excluding carboxylic acids is 2. The van der Waals surface area contributed by atoms with E-state index >= 15 is 0 Å². The summed E-state index contributed by atoms with van der Waals surface area (Å²) in [6, 6.07) is 0. The van der Waals surface area contributed by atoms with Gasteiger partial charge in [0.1, 0.15) is 6.10 Å². The van der Waals surface area contributed by atoms with Gasteiger partial charge in [0.05, 0.1) is 13.5 Å². The SMILES string of the molecule is COC(=O)C[C@H]1CCCC(=O)O1. The maximum Gasteiger partial charge on any atom is 0.309 e. The Labute approximate surface area is 70.8 Å². The zero-order valence-electron chi connectivity index (χ0n) is 7.04. The van der Waals surface area contributed by atoms with Gasteiger partial charge in [0.2, 0.25) is 0 Å². The average Bonchev–Trinajstić information content (AvgIpc) is 2.04. The number of hydrogen-bond acceptors (Lipinski definition) is 4. The van der Waals surface area contributed by atoms with E-state index in [1.807, 2.05) is 0 Å². The van der Waals surface area contributed by atoms with Crippen LogP contribution in [0.5, 0.6) is 0 Å². The smallest absolute Gasteiger partial charge is 0.309 e. The van der Waals surface area contributed by atoms with Crippen LogP contribution in [0.2, 0.25) is 0 Å². The number of methoxy groups -OCH3 is 1. The van der Waals surface area contributed by atoms with Gasteiger partial charge in [-0.25, -0.2) is 0 Å². The summed E-state index contributed by atoms with van der Waals surface area (Å²) in [5.74, 6) is -0.537. The van der Waals surface area contributed by atoms with Crippen molar-refractivity contribution < 1.29 is 19.1 Å². The third-order valence-electron chi connectivity index (χ3n) is 1.83. The Balaban J connectivity index is 2.32. The third-order valence-corrected chi connectivity index (χ3v) is 1.83. The van der Waals surface area contributed by atoms with E-state index in [0.717, 1.165) is 12.8 Å². The molecule has 4 nitrogen and oxygen atoms in total. The highest BCUT2D eigenvalue weighted by Gasteiger charge is 2.22. The van der Waals surface area contributed by atoms with E-state index in [0.29, 0.717) is 6.42 Å². The van der Waals surface area contributed by atoms with Crippen LogP contribution in [0.4, 0.5) is 0 Å². The lowest BCUT2D eigenvalue weighted by Gasteiger charge is -2.20. The van der Waals surface area contributed by atoms with Crippen molar-refractivity contribution in [3.63, 3.8) is 0 Å². The molecule has 0 N–H and O–H groups in total. The summed E-state index contributed by atoms with van der Waals surface area (Å²) in [6.45, 7) is 0. The van der Waals surface area contributed by atoms with Crippen LogP contribution >= 0.6 is 0 Å². The lowest BCUT2D eigenvalue weighted by Crippen LogP contribution is -2.26. The highest BCUT2D eigenvalue weighted by molar-refractivity contribution is 5.73. The summed E-state index contributed by atoms with van der Waals surface area (Å²) in [4.78, 5) is 21.5. The van der Waals surface area contributed by atoms with Crippen LogP contribution in [0.3, 0.4) is 0 Å². The first kappa shape index (κ1) is 9.03. The molecule has 0 amide bonds. The molecule has 1 aliphatic heterocycles. The molecule has 0 unspecified atom stereocenters. The monoisotopic (exact) mass is 172 g/mol. The number of rotatable bonds is 2. The number of ether oxygens (including phenoxy) is 2. The second-order valence-corrected chi connectivity index (χ2v) is 2.78. The second kappa shape index (κ2) is 4.09. The van der Waals surface area contributed by atoms with E-state index < -0.39 is 0 Å². The van der Waals surface area contributed by atoms with Crippen LogP contribution in [-0.2, 0) is 19.1 Å². The van der Waals surface area contributed by atoms with E-state index in [-0.39, 0.29) is 24.5 Å². The topological polar surface area (TPSA) is 52.6 Å². The molecular weight excluding hydrogens is 160 g/mol. The van der Waals surface area contributed by atoms with Crippen molar-refractivity contribution in [2.75, 3.05) is 7.11 Å². The highest BCUT2D eigenvalue weighted by atomic mass is 16.6. The standard InChI is InChI=1S/C8H12O4/c1-11-8(10)5-6-3-2-4-7(9)12-6/h6H,2-5H2,1H3/t6-/m1/s1. The maximum atomic E-state index is 10.8. The fourth-order valence-electron chi connectivity index (χ4n) is 1.19. The molecule has 0 aromatic rings. The van der Waals surface area contributed by atoms with Gasteiger partial charge in [0, 0.05) is 6.42 Å². The molecular formula is C8H12O4. The molecule has 12 heavy (non-hydrogen) atoms. The van der Waals surface area contributed by atoms with Crippen molar-refractivity contribution in [2.45, 2.75) is 31.8 Å². The van der Waals surface area contributed by atoms with E-state index in [1.165, 1.54) is 7.11 Å². The van der Waals surface area contributed by atoms with Gasteiger partial charge in [-0.05, 0) is 12.8 Å². The van der Waals surface area contributed by atoms with Crippen LogP contribution in [0.1, 0.15) is 25.7 Å². The average molecular weight is 172 g/mol. The first-order valence-corrected chi connectivity index (χ1v) is 3.98. The molecule has 1 aliphatic rings. The van der Waals surface area contributed by atoms with Gasteiger partial charge < -0.3 is 9.47 Å². The molecule has 1 fully saturated rings. The summed E-state index contributed by atoms with van der Waals surface area (Å²) < 4.78 is 9.38. The molecule has 4 heteroatoms. The van der Waals surface area contributed by atoms with Gasteiger partial charge in [-0.3, -0.25) is 9.59 Å². The Kier molecular flexibility index (Phi) is 3.08. The first-order valence-electron chi connectivity index (χ1n) is 3.98. The highest BCUT2D eigenvalue weighted by Crippen LogP contribution is 2.16. The molecule has 0 aromatic heterocycles. The molecule has 1 rings (SSSR count). The quantitative estimate of drug-likeness (QED) is 0.574. The normalized spacial score (nSPS) is 23.1. The van der Waals surface area contributed by atoms with Crippen molar-refractivity contribution in [3.8, 4) is 0 Å². The van der Waals surface area contributed by atoms with Gasteiger partial charge in [-0.2, -0.15) is 0 Å². The predicted molar refractivity (Wildman–Crippen MR) is 40.4 cm³/mol. The minimum Gasteiger partial charge on any atom is -0.469 e. The minimum absolute atomic E-state index is 0.183. The fourth-order valence-corrected chi connectivity index (χ4v) is 1.19. The van der Waals surface area contributed by atoms with E-state index in [2.05, 4.69) is 4.74 Å². The number of cyclic esters (lactones) is 1. The number of esters is 2. The Morgan fingerprint density at radius 1 is 1.75 bits per heavy atom. The summed E-state index contributed by atoms with van der Waals surface area (Å²) in [5, 5.41) is 0. The number of hydrogen-bond donors (Lipinski definition) is 0. The van der Waals surface area contributed by atoms with Crippen LogP contribution in [0, 0.1) is 0 Å². The van der Waals surface area contributed by atoms with Crippen LogP contribution in [0.15, 0.2) is 0 Å². The van der Waals surface area contributed by atoms with Gasteiger partial charge in [-0.1, -0.05) is 0 Å². The molecule has 68 valence electrons. The van der Waals surface area contributed by atoms with Crippen molar-refractivity contribution in [3.05, 3.63) is 0 Å². The lowest BCUT2D eigenvalue weighted by molar-refractivity contribution is -0.158. The molecule has 0 spiro atoms. The fraction of sp³-hybridized carbons (Fsp3) is 0.750. The minimum atomic E-state index is -0.324. The van der Waals surface area contributed by atoms with Gasteiger partial charge in [0.15, 0.2) is 0 Å². The molecule has 0 radical (unpaired) electrons. The largest absolute Gasteiger partial charge is 0.469 e.